The van der Waals surface area contributed by atoms with Gasteiger partial charge < -0.3 is 5.11 Å². The Bertz CT molecular complexity index is 1540. The van der Waals surface area contributed by atoms with Crippen molar-refractivity contribution in [3.63, 3.8) is 0 Å². The molecule has 0 atom stereocenters. The fourth-order valence-corrected chi connectivity index (χ4v) is 4.32. The highest BCUT2D eigenvalue weighted by Crippen LogP contribution is 2.23. The molecule has 1 N–H and O–H groups in total. The van der Waals surface area contributed by atoms with Crippen molar-refractivity contribution >= 4 is 16.9 Å². The molecule has 0 aliphatic rings. The van der Waals surface area contributed by atoms with Crippen LogP contribution in [0.2, 0.25) is 0 Å². The quantitative estimate of drug-likeness (QED) is 0.427. The highest BCUT2D eigenvalue weighted by atomic mass is 19.1. The zero-order valence-electron chi connectivity index (χ0n) is 19.5. The van der Waals surface area contributed by atoms with Gasteiger partial charge in [0.1, 0.15) is 5.82 Å². The highest BCUT2D eigenvalue weighted by molar-refractivity contribution is 5.76. The van der Waals surface area contributed by atoms with E-state index in [1.807, 2.05) is 20.8 Å². The number of hydrogen-bond acceptors (Lipinski definition) is 5. The highest BCUT2D eigenvalue weighted by Gasteiger charge is 2.25. The van der Waals surface area contributed by atoms with E-state index < -0.39 is 22.6 Å². The second kappa shape index (κ2) is 9.28. The van der Waals surface area contributed by atoms with E-state index in [2.05, 4.69) is 4.98 Å². The molecule has 4 rings (SSSR count). The number of imidazole rings is 1. The Labute approximate surface area is 194 Å². The lowest BCUT2D eigenvalue weighted by atomic mass is 10.1. The maximum absolute atomic E-state index is 13.4. The summed E-state index contributed by atoms with van der Waals surface area (Å²) in [4.78, 5) is 44.5. The summed E-state index contributed by atoms with van der Waals surface area (Å²) in [7, 11) is 0. The van der Waals surface area contributed by atoms with Gasteiger partial charge in [0.2, 0.25) is 11.7 Å². The van der Waals surface area contributed by atoms with Gasteiger partial charge in [-0.15, -0.1) is 0 Å². The second-order valence-electron chi connectivity index (χ2n) is 8.38. The second-order valence-corrected chi connectivity index (χ2v) is 8.38. The van der Waals surface area contributed by atoms with E-state index in [0.717, 1.165) is 4.57 Å². The van der Waals surface area contributed by atoms with Crippen molar-refractivity contribution in [2.45, 2.75) is 66.1 Å². The van der Waals surface area contributed by atoms with E-state index in [1.54, 1.807) is 12.1 Å². The summed E-state index contributed by atoms with van der Waals surface area (Å²) in [5.41, 5.74) is -0.479. The minimum atomic E-state index is -0.563. The smallest absolute Gasteiger partial charge is 0.332 e. The molecule has 3 aromatic heterocycles. The first-order valence-electron chi connectivity index (χ1n) is 11.6. The van der Waals surface area contributed by atoms with Crippen LogP contribution in [0.4, 0.5) is 4.39 Å². The molecule has 0 unspecified atom stereocenters. The lowest BCUT2D eigenvalue weighted by Gasteiger charge is -2.13. The first-order chi connectivity index (χ1) is 16.3. The van der Waals surface area contributed by atoms with Gasteiger partial charge in [-0.05, 0) is 37.0 Å². The van der Waals surface area contributed by atoms with Crippen molar-refractivity contribution in [3.05, 3.63) is 72.4 Å². The summed E-state index contributed by atoms with van der Waals surface area (Å²) in [6.07, 6.45) is 2.09. The summed E-state index contributed by atoms with van der Waals surface area (Å²) in [5, 5.41) is 11.1. The van der Waals surface area contributed by atoms with Crippen LogP contribution >= 0.6 is 0 Å². The molecule has 0 aliphatic carbocycles. The molecule has 34 heavy (non-hydrogen) atoms. The van der Waals surface area contributed by atoms with Crippen LogP contribution in [-0.4, -0.2) is 28.2 Å². The number of benzene rings is 1. The molecule has 4 aromatic rings. The Hall–Kier alpha value is -3.69. The van der Waals surface area contributed by atoms with E-state index in [-0.39, 0.29) is 41.5 Å². The van der Waals surface area contributed by atoms with E-state index >= 15 is 0 Å². The van der Waals surface area contributed by atoms with Gasteiger partial charge in [-0.25, -0.2) is 13.6 Å². The Morgan fingerprint density at radius 1 is 0.882 bits per heavy atom. The fraction of sp³-hybridized carbons (Fsp3) is 0.417. The molecule has 0 saturated carbocycles. The molecular formula is C24H28FN5O4. The predicted octanol–water partition coefficient (Wildman–Crippen LogP) is 2.64. The monoisotopic (exact) mass is 469 g/mol. The average Bonchev–Trinajstić information content (AvgIpc) is 3.22. The van der Waals surface area contributed by atoms with Gasteiger partial charge in [0.15, 0.2) is 11.2 Å². The fourth-order valence-electron chi connectivity index (χ4n) is 4.32. The van der Waals surface area contributed by atoms with Crippen LogP contribution in [0, 0.1) is 5.82 Å². The topological polar surface area (TPSA) is 104 Å². The van der Waals surface area contributed by atoms with Crippen LogP contribution in [0.25, 0.3) is 16.9 Å². The van der Waals surface area contributed by atoms with Gasteiger partial charge in [0.25, 0.3) is 11.1 Å². The van der Waals surface area contributed by atoms with Gasteiger partial charge in [-0.1, -0.05) is 39.3 Å². The molecule has 0 radical (unpaired) electrons. The third kappa shape index (κ3) is 3.72. The SMILES string of the molecule is CCCc1c(O)n2c3c(=O)n(CCC)c(=O)n(CCC)c3nc2n(Cc2ccc(F)cc2)c1=O. The van der Waals surface area contributed by atoms with Crippen LogP contribution in [0.3, 0.4) is 0 Å². The van der Waals surface area contributed by atoms with E-state index in [0.29, 0.717) is 37.8 Å². The van der Waals surface area contributed by atoms with E-state index in [4.69, 9.17) is 0 Å². The molecule has 0 spiro atoms. The Kier molecular flexibility index (Phi) is 6.41. The standard InChI is InChI=1S/C24H28FN5O4/c1-4-7-17-20(31)29(14-15-8-10-16(25)11-9-15)23-26-19-18(30(23)21(17)32)22(33)28(13-6-3)24(34)27(19)12-5-2/h8-11,32H,4-7,12-14H2,1-3H3. The number of fused-ring (bicyclic) bond motifs is 3. The molecule has 0 fully saturated rings. The van der Waals surface area contributed by atoms with Crippen molar-refractivity contribution in [1.29, 1.82) is 0 Å². The zero-order chi connectivity index (χ0) is 24.6. The molecular weight excluding hydrogens is 441 g/mol. The molecule has 180 valence electrons. The van der Waals surface area contributed by atoms with Crippen molar-refractivity contribution in [3.8, 4) is 5.88 Å². The zero-order valence-corrected chi connectivity index (χ0v) is 19.5. The van der Waals surface area contributed by atoms with Crippen molar-refractivity contribution in [2.75, 3.05) is 0 Å². The molecule has 0 amide bonds. The summed E-state index contributed by atoms with van der Waals surface area (Å²) >= 11 is 0. The van der Waals surface area contributed by atoms with Gasteiger partial charge in [0.05, 0.1) is 12.1 Å². The first-order valence-corrected chi connectivity index (χ1v) is 11.6. The van der Waals surface area contributed by atoms with Crippen LogP contribution in [0.1, 0.15) is 51.2 Å². The summed E-state index contributed by atoms with van der Waals surface area (Å²) in [5.74, 6) is -0.691. The van der Waals surface area contributed by atoms with Gasteiger partial charge in [-0.3, -0.25) is 23.3 Å². The largest absolute Gasteiger partial charge is 0.494 e. The summed E-state index contributed by atoms with van der Waals surface area (Å²) in [6.45, 7) is 6.27. The number of nitrogens with zero attached hydrogens (tertiary/aromatic N) is 5. The lowest BCUT2D eigenvalue weighted by Crippen LogP contribution is -2.40. The Balaban J connectivity index is 2.18. The van der Waals surface area contributed by atoms with E-state index in [9.17, 15) is 23.9 Å². The number of aromatic hydroxyl groups is 1. The Morgan fingerprint density at radius 3 is 2.15 bits per heavy atom. The average molecular weight is 470 g/mol. The van der Waals surface area contributed by atoms with Crippen molar-refractivity contribution in [1.82, 2.24) is 23.1 Å². The van der Waals surface area contributed by atoms with Gasteiger partial charge in [-0.2, -0.15) is 4.98 Å². The maximum atomic E-state index is 13.4. The first kappa shape index (κ1) is 23.5. The number of halogens is 1. The molecule has 1 aromatic carbocycles. The molecule has 0 saturated heterocycles. The molecule has 3 heterocycles. The van der Waals surface area contributed by atoms with Crippen molar-refractivity contribution < 1.29 is 9.50 Å². The van der Waals surface area contributed by atoms with Crippen molar-refractivity contribution in [2.24, 2.45) is 0 Å². The normalized spacial score (nSPS) is 11.6. The van der Waals surface area contributed by atoms with Crippen LogP contribution < -0.4 is 16.8 Å². The van der Waals surface area contributed by atoms with Gasteiger partial charge >= 0.3 is 5.69 Å². The van der Waals surface area contributed by atoms with Crippen LogP contribution in [-0.2, 0) is 26.1 Å². The Morgan fingerprint density at radius 2 is 1.53 bits per heavy atom. The molecule has 0 bridgehead atoms. The van der Waals surface area contributed by atoms with Gasteiger partial charge in [0, 0.05) is 13.1 Å². The number of aromatic nitrogens is 5. The molecule has 0 aliphatic heterocycles. The molecule has 9 nitrogen and oxygen atoms in total. The predicted molar refractivity (Wildman–Crippen MR) is 127 cm³/mol. The minimum absolute atomic E-state index is 0.0530. The number of hydrogen-bond donors (Lipinski definition) is 1. The van der Waals surface area contributed by atoms with Crippen LogP contribution in [0.15, 0.2) is 38.6 Å². The van der Waals surface area contributed by atoms with Crippen LogP contribution in [0.5, 0.6) is 5.88 Å². The third-order valence-corrected chi connectivity index (χ3v) is 5.88. The summed E-state index contributed by atoms with van der Waals surface area (Å²) < 4.78 is 18.6. The number of aryl methyl sites for hydroxylation is 1. The minimum Gasteiger partial charge on any atom is -0.494 e. The third-order valence-electron chi connectivity index (χ3n) is 5.88. The lowest BCUT2D eigenvalue weighted by molar-refractivity contribution is 0.433. The summed E-state index contributed by atoms with van der Waals surface area (Å²) in [6, 6.07) is 5.73. The number of rotatable bonds is 8. The maximum Gasteiger partial charge on any atom is 0.332 e. The molecule has 10 heteroatoms. The van der Waals surface area contributed by atoms with E-state index in [1.165, 1.54) is 25.7 Å².